The number of aryl methyl sites for hydroxylation is 1. The molecule has 4 rings (SSSR count). The van der Waals surface area contributed by atoms with Gasteiger partial charge in [0.25, 0.3) is 11.5 Å². The highest BCUT2D eigenvalue weighted by atomic mass is 19.1. The maximum Gasteiger partial charge on any atom is 0.268 e. The first-order valence-corrected chi connectivity index (χ1v) is 9.61. The lowest BCUT2D eigenvalue weighted by molar-refractivity contribution is -0.0194. The molecule has 0 bridgehead atoms. The van der Waals surface area contributed by atoms with Crippen LogP contribution in [0.1, 0.15) is 35.2 Å². The van der Waals surface area contributed by atoms with E-state index in [1.807, 2.05) is 0 Å². The topological polar surface area (TPSA) is 72.4 Å². The number of carbonyl (C=O) groups excluding carboxylic acids is 1. The summed E-state index contributed by atoms with van der Waals surface area (Å²) in [7, 11) is 0. The van der Waals surface area contributed by atoms with Gasteiger partial charge in [-0.05, 0) is 75.2 Å². The lowest BCUT2D eigenvalue weighted by Crippen LogP contribution is -2.43. The summed E-state index contributed by atoms with van der Waals surface area (Å²) >= 11 is 0. The first-order valence-electron chi connectivity index (χ1n) is 9.61. The van der Waals surface area contributed by atoms with Gasteiger partial charge < -0.3 is 15.4 Å². The van der Waals surface area contributed by atoms with Crippen molar-refractivity contribution in [1.29, 1.82) is 0 Å². The average molecular weight is 385 g/mol. The Morgan fingerprint density at radius 2 is 1.96 bits per heavy atom. The number of piperidine rings is 1. The van der Waals surface area contributed by atoms with Crippen LogP contribution in [0.15, 0.2) is 41.3 Å². The Morgan fingerprint density at radius 1 is 1.25 bits per heavy atom. The molecule has 0 aliphatic carbocycles. The highest BCUT2D eigenvalue weighted by Gasteiger charge is 2.41. The first-order chi connectivity index (χ1) is 13.5. The summed E-state index contributed by atoms with van der Waals surface area (Å²) in [6.45, 7) is 4.04. The van der Waals surface area contributed by atoms with Crippen molar-refractivity contribution in [3.63, 3.8) is 0 Å². The van der Waals surface area contributed by atoms with E-state index in [1.54, 1.807) is 19.2 Å². The number of halogens is 1. The van der Waals surface area contributed by atoms with E-state index >= 15 is 0 Å². The number of rotatable bonds is 3. The molecule has 1 aromatic heterocycles. The number of aromatic nitrogens is 1. The van der Waals surface area contributed by atoms with E-state index in [1.165, 1.54) is 28.8 Å². The number of nitrogens with one attached hydrogen (secondary N) is 2. The maximum atomic E-state index is 13.2. The van der Waals surface area contributed by atoms with E-state index in [4.69, 9.17) is 4.74 Å². The van der Waals surface area contributed by atoms with Crippen molar-refractivity contribution in [2.24, 2.45) is 0 Å². The minimum Gasteiger partial charge on any atom is -0.373 e. The van der Waals surface area contributed by atoms with E-state index in [2.05, 4.69) is 10.6 Å². The molecule has 0 saturated carbocycles. The molecule has 148 valence electrons. The number of ether oxygens (including phenoxy) is 1. The summed E-state index contributed by atoms with van der Waals surface area (Å²) in [4.78, 5) is 25.9. The molecule has 1 spiro atoms. The van der Waals surface area contributed by atoms with Crippen molar-refractivity contribution < 1.29 is 13.9 Å². The zero-order valence-corrected chi connectivity index (χ0v) is 15.8. The average Bonchev–Trinajstić information content (AvgIpc) is 3.05. The number of nitrogens with zero attached hydrogens (tertiary/aromatic N) is 1. The van der Waals surface area contributed by atoms with Gasteiger partial charge in [-0.1, -0.05) is 0 Å². The Kier molecular flexibility index (Phi) is 5.03. The molecule has 6 nitrogen and oxygen atoms in total. The van der Waals surface area contributed by atoms with Gasteiger partial charge in [0.2, 0.25) is 0 Å². The molecule has 3 heterocycles. The van der Waals surface area contributed by atoms with Crippen molar-refractivity contribution >= 4 is 5.91 Å². The zero-order chi connectivity index (χ0) is 19.7. The summed E-state index contributed by atoms with van der Waals surface area (Å²) in [6.07, 6.45) is 4.23. The van der Waals surface area contributed by atoms with Gasteiger partial charge in [0.05, 0.1) is 18.2 Å². The SMILES string of the molecule is Cc1ccn(-c2ccc(F)cc2)c(=O)c1C(=O)NC1COC2(CCNCC2)C1. The van der Waals surface area contributed by atoms with Crippen molar-refractivity contribution in [3.8, 4) is 5.69 Å². The second kappa shape index (κ2) is 7.48. The zero-order valence-electron chi connectivity index (χ0n) is 15.8. The van der Waals surface area contributed by atoms with E-state index in [0.717, 1.165) is 32.4 Å². The number of amides is 1. The van der Waals surface area contributed by atoms with Crippen LogP contribution in [0.5, 0.6) is 0 Å². The molecule has 2 saturated heterocycles. The molecule has 2 N–H and O–H groups in total. The van der Waals surface area contributed by atoms with E-state index in [0.29, 0.717) is 17.9 Å². The van der Waals surface area contributed by atoms with Gasteiger partial charge in [-0.15, -0.1) is 0 Å². The highest BCUT2D eigenvalue weighted by Crippen LogP contribution is 2.34. The molecule has 2 aliphatic rings. The number of hydrogen-bond donors (Lipinski definition) is 2. The van der Waals surface area contributed by atoms with Crippen LogP contribution >= 0.6 is 0 Å². The third-order valence-corrected chi connectivity index (χ3v) is 5.69. The van der Waals surface area contributed by atoms with Crippen LogP contribution in [0, 0.1) is 12.7 Å². The molecular formula is C21H24FN3O3. The van der Waals surface area contributed by atoms with E-state index < -0.39 is 11.5 Å². The number of hydrogen-bond acceptors (Lipinski definition) is 4. The second-order valence-corrected chi connectivity index (χ2v) is 7.64. The van der Waals surface area contributed by atoms with Crippen LogP contribution in [-0.4, -0.2) is 41.8 Å². The van der Waals surface area contributed by atoms with Crippen molar-refractivity contribution in [2.45, 2.75) is 37.8 Å². The highest BCUT2D eigenvalue weighted by molar-refractivity contribution is 5.95. The normalized spacial score (nSPS) is 21.0. The molecule has 2 fully saturated rings. The van der Waals surface area contributed by atoms with Gasteiger partial charge in [-0.25, -0.2) is 4.39 Å². The minimum absolute atomic E-state index is 0.108. The predicted octanol–water partition coefficient (Wildman–Crippen LogP) is 1.93. The second-order valence-electron chi connectivity index (χ2n) is 7.64. The van der Waals surface area contributed by atoms with Crippen LogP contribution in [-0.2, 0) is 4.74 Å². The fraction of sp³-hybridized carbons (Fsp3) is 0.429. The summed E-state index contributed by atoms with van der Waals surface area (Å²) in [5.74, 6) is -0.770. The largest absolute Gasteiger partial charge is 0.373 e. The first kappa shape index (κ1) is 18.8. The molecule has 2 aliphatic heterocycles. The van der Waals surface area contributed by atoms with E-state index in [9.17, 15) is 14.0 Å². The smallest absolute Gasteiger partial charge is 0.268 e. The van der Waals surface area contributed by atoms with Gasteiger partial charge in [0, 0.05) is 11.9 Å². The molecule has 28 heavy (non-hydrogen) atoms. The molecule has 1 aromatic carbocycles. The number of pyridine rings is 1. The lowest BCUT2D eigenvalue weighted by atomic mass is 9.88. The maximum absolute atomic E-state index is 13.2. The Hall–Kier alpha value is -2.51. The molecule has 1 amide bonds. The Bertz CT molecular complexity index is 933. The third-order valence-electron chi connectivity index (χ3n) is 5.69. The lowest BCUT2D eigenvalue weighted by Gasteiger charge is -2.32. The van der Waals surface area contributed by atoms with Gasteiger partial charge in [-0.3, -0.25) is 14.2 Å². The van der Waals surface area contributed by atoms with Crippen molar-refractivity contribution in [2.75, 3.05) is 19.7 Å². The Balaban J connectivity index is 1.55. The molecule has 7 heteroatoms. The third kappa shape index (κ3) is 3.59. The van der Waals surface area contributed by atoms with Gasteiger partial charge in [0.1, 0.15) is 11.4 Å². The molecule has 2 aromatic rings. The fourth-order valence-corrected chi connectivity index (χ4v) is 4.13. The fourth-order valence-electron chi connectivity index (χ4n) is 4.13. The number of carbonyl (C=O) groups is 1. The summed E-state index contributed by atoms with van der Waals surface area (Å²) in [5.41, 5.74) is 0.649. The summed E-state index contributed by atoms with van der Waals surface area (Å²) in [5, 5.41) is 6.30. The monoisotopic (exact) mass is 385 g/mol. The minimum atomic E-state index is -0.417. The van der Waals surface area contributed by atoms with Crippen LogP contribution in [0.25, 0.3) is 5.69 Å². The van der Waals surface area contributed by atoms with Crippen LogP contribution in [0.4, 0.5) is 4.39 Å². The summed E-state index contributed by atoms with van der Waals surface area (Å²) in [6, 6.07) is 7.22. The van der Waals surface area contributed by atoms with Crippen LogP contribution in [0.2, 0.25) is 0 Å². The van der Waals surface area contributed by atoms with Crippen molar-refractivity contribution in [1.82, 2.24) is 15.2 Å². The molecule has 0 radical (unpaired) electrons. The van der Waals surface area contributed by atoms with Gasteiger partial charge >= 0.3 is 0 Å². The molecular weight excluding hydrogens is 361 g/mol. The quantitative estimate of drug-likeness (QED) is 0.847. The number of benzene rings is 1. The Labute approximate surface area is 162 Å². The Morgan fingerprint density at radius 3 is 2.68 bits per heavy atom. The predicted molar refractivity (Wildman–Crippen MR) is 103 cm³/mol. The standard InChI is InChI=1S/C21H24FN3O3/c1-14-6-11-25(17-4-2-15(22)3-5-17)20(27)18(14)19(26)24-16-12-21(28-13-16)7-9-23-10-8-21/h2-6,11,16,23H,7-10,12-13H2,1H3,(H,24,26). The van der Waals surface area contributed by atoms with Crippen LogP contribution in [0.3, 0.4) is 0 Å². The molecule has 1 atom stereocenters. The van der Waals surface area contributed by atoms with Gasteiger partial charge in [0.15, 0.2) is 0 Å². The van der Waals surface area contributed by atoms with Crippen LogP contribution < -0.4 is 16.2 Å². The van der Waals surface area contributed by atoms with Gasteiger partial charge in [-0.2, -0.15) is 0 Å². The molecule has 1 unspecified atom stereocenters. The van der Waals surface area contributed by atoms with E-state index in [-0.39, 0.29) is 23.0 Å². The summed E-state index contributed by atoms with van der Waals surface area (Å²) < 4.78 is 20.6. The van der Waals surface area contributed by atoms with Crippen molar-refractivity contribution in [3.05, 3.63) is 63.8 Å².